The zero-order valence-electron chi connectivity index (χ0n) is 11.5. The van der Waals surface area contributed by atoms with Gasteiger partial charge in [-0.25, -0.2) is 0 Å². The molecule has 0 saturated heterocycles. The molecule has 1 nitrogen and oxygen atoms in total. The van der Waals surface area contributed by atoms with E-state index in [0.717, 1.165) is 12.1 Å². The van der Waals surface area contributed by atoms with Crippen LogP contribution in [0.1, 0.15) is 24.1 Å². The molecule has 2 aromatic carbocycles. The first-order valence-corrected chi connectivity index (χ1v) is 8.46. The van der Waals surface area contributed by atoms with Crippen molar-refractivity contribution < 1.29 is 0 Å². The van der Waals surface area contributed by atoms with Gasteiger partial charge in [0.2, 0.25) is 0 Å². The van der Waals surface area contributed by atoms with Crippen LogP contribution in [0.25, 0.3) is 0 Å². The lowest BCUT2D eigenvalue weighted by atomic mass is 9.99. The molecular weight excluding hydrogens is 309 g/mol. The van der Waals surface area contributed by atoms with Gasteiger partial charge >= 0.3 is 0 Å². The predicted octanol–water partition coefficient (Wildman–Crippen LogP) is 5.41. The summed E-state index contributed by atoms with van der Waals surface area (Å²) >= 11 is 13.9. The lowest BCUT2D eigenvalue weighted by Crippen LogP contribution is -2.21. The maximum absolute atomic E-state index is 6.13. The van der Waals surface area contributed by atoms with Crippen LogP contribution in [-0.4, -0.2) is 12.8 Å². The Morgan fingerprint density at radius 3 is 2.20 bits per heavy atom. The number of halogens is 2. The molecule has 2 aromatic rings. The van der Waals surface area contributed by atoms with Crippen LogP contribution in [0.3, 0.4) is 0 Å². The SMILES string of the molecule is CCNC(c1ccc(SC)cc1)c1ccc(Cl)c(Cl)c1. The second kappa shape index (κ2) is 7.37. The lowest BCUT2D eigenvalue weighted by molar-refractivity contribution is 0.630. The molecule has 0 radical (unpaired) electrons. The van der Waals surface area contributed by atoms with Crippen molar-refractivity contribution in [3.8, 4) is 0 Å². The molecule has 1 N–H and O–H groups in total. The van der Waals surface area contributed by atoms with Crippen LogP contribution in [0.5, 0.6) is 0 Å². The summed E-state index contributed by atoms with van der Waals surface area (Å²) in [6.07, 6.45) is 2.08. The third-order valence-corrected chi connectivity index (χ3v) is 4.62. The normalized spacial score (nSPS) is 12.4. The Bertz CT molecular complexity index is 569. The molecule has 0 aliphatic rings. The Morgan fingerprint density at radius 2 is 1.65 bits per heavy atom. The van der Waals surface area contributed by atoms with Gasteiger partial charge in [0.25, 0.3) is 0 Å². The van der Waals surface area contributed by atoms with Crippen molar-refractivity contribution in [1.82, 2.24) is 5.32 Å². The van der Waals surface area contributed by atoms with Crippen molar-refractivity contribution in [2.45, 2.75) is 17.9 Å². The summed E-state index contributed by atoms with van der Waals surface area (Å²) in [6, 6.07) is 14.5. The molecule has 0 aromatic heterocycles. The average molecular weight is 326 g/mol. The summed E-state index contributed by atoms with van der Waals surface area (Å²) in [6.45, 7) is 2.98. The fraction of sp³-hybridized carbons (Fsp3) is 0.250. The second-order valence-corrected chi connectivity index (χ2v) is 6.13. The van der Waals surface area contributed by atoms with Gasteiger partial charge in [-0.15, -0.1) is 11.8 Å². The van der Waals surface area contributed by atoms with E-state index in [4.69, 9.17) is 23.2 Å². The lowest BCUT2D eigenvalue weighted by Gasteiger charge is -2.19. The first-order valence-electron chi connectivity index (χ1n) is 6.48. The zero-order chi connectivity index (χ0) is 14.5. The summed E-state index contributed by atoms with van der Waals surface area (Å²) in [5.74, 6) is 0. The molecule has 0 bridgehead atoms. The summed E-state index contributed by atoms with van der Waals surface area (Å²) < 4.78 is 0. The molecule has 0 heterocycles. The van der Waals surface area contributed by atoms with E-state index in [9.17, 15) is 0 Å². The van der Waals surface area contributed by atoms with Crippen molar-refractivity contribution in [3.63, 3.8) is 0 Å². The number of benzene rings is 2. The maximum atomic E-state index is 6.13. The van der Waals surface area contributed by atoms with Gasteiger partial charge < -0.3 is 5.32 Å². The van der Waals surface area contributed by atoms with Crippen LogP contribution in [0.15, 0.2) is 47.4 Å². The fourth-order valence-corrected chi connectivity index (χ4v) is 2.84. The Labute approximate surface area is 134 Å². The van der Waals surface area contributed by atoms with Crippen LogP contribution in [-0.2, 0) is 0 Å². The smallest absolute Gasteiger partial charge is 0.0595 e. The number of nitrogens with one attached hydrogen (secondary N) is 1. The highest BCUT2D eigenvalue weighted by Crippen LogP contribution is 2.29. The highest BCUT2D eigenvalue weighted by Gasteiger charge is 2.14. The van der Waals surface area contributed by atoms with Gasteiger partial charge in [0.15, 0.2) is 0 Å². The molecule has 0 saturated carbocycles. The molecule has 0 amide bonds. The Morgan fingerprint density at radius 1 is 1.00 bits per heavy atom. The molecular formula is C16H17Cl2NS. The molecule has 0 aliphatic carbocycles. The topological polar surface area (TPSA) is 12.0 Å². The van der Waals surface area contributed by atoms with E-state index >= 15 is 0 Å². The Kier molecular flexibility index (Phi) is 5.79. The molecule has 0 aliphatic heterocycles. The van der Waals surface area contributed by atoms with E-state index < -0.39 is 0 Å². The van der Waals surface area contributed by atoms with Crippen molar-refractivity contribution >= 4 is 35.0 Å². The first-order chi connectivity index (χ1) is 9.65. The summed E-state index contributed by atoms with van der Waals surface area (Å²) in [5.41, 5.74) is 2.35. The van der Waals surface area contributed by atoms with E-state index in [1.54, 1.807) is 11.8 Å². The van der Waals surface area contributed by atoms with E-state index in [-0.39, 0.29) is 6.04 Å². The van der Waals surface area contributed by atoms with E-state index in [1.807, 2.05) is 18.2 Å². The minimum absolute atomic E-state index is 0.130. The molecule has 0 fully saturated rings. The van der Waals surface area contributed by atoms with Crippen LogP contribution >= 0.6 is 35.0 Å². The van der Waals surface area contributed by atoms with E-state index in [1.165, 1.54) is 10.5 Å². The third kappa shape index (κ3) is 3.70. The average Bonchev–Trinajstić information content (AvgIpc) is 2.48. The molecule has 2 rings (SSSR count). The fourth-order valence-electron chi connectivity index (χ4n) is 2.12. The van der Waals surface area contributed by atoms with Gasteiger partial charge in [0.05, 0.1) is 16.1 Å². The van der Waals surface area contributed by atoms with Gasteiger partial charge in [0, 0.05) is 4.90 Å². The van der Waals surface area contributed by atoms with Crippen molar-refractivity contribution in [1.29, 1.82) is 0 Å². The minimum atomic E-state index is 0.130. The quantitative estimate of drug-likeness (QED) is 0.737. The summed E-state index contributed by atoms with van der Waals surface area (Å²) in [5, 5.41) is 4.67. The second-order valence-electron chi connectivity index (χ2n) is 4.44. The maximum Gasteiger partial charge on any atom is 0.0595 e. The van der Waals surface area contributed by atoms with E-state index in [0.29, 0.717) is 10.0 Å². The molecule has 0 spiro atoms. The van der Waals surface area contributed by atoms with Gasteiger partial charge in [-0.3, -0.25) is 0 Å². The van der Waals surface area contributed by atoms with Crippen LogP contribution in [0.4, 0.5) is 0 Å². The molecule has 4 heteroatoms. The Balaban J connectivity index is 2.35. The third-order valence-electron chi connectivity index (χ3n) is 3.13. The molecule has 20 heavy (non-hydrogen) atoms. The van der Waals surface area contributed by atoms with Crippen molar-refractivity contribution in [2.24, 2.45) is 0 Å². The Hall–Kier alpha value is -0.670. The van der Waals surface area contributed by atoms with Gasteiger partial charge in [-0.05, 0) is 48.2 Å². The van der Waals surface area contributed by atoms with Gasteiger partial charge in [-0.2, -0.15) is 0 Å². The monoisotopic (exact) mass is 325 g/mol. The highest BCUT2D eigenvalue weighted by atomic mass is 35.5. The number of hydrogen-bond donors (Lipinski definition) is 1. The van der Waals surface area contributed by atoms with E-state index in [2.05, 4.69) is 42.8 Å². The predicted molar refractivity (Wildman–Crippen MR) is 90.2 cm³/mol. The van der Waals surface area contributed by atoms with Gasteiger partial charge in [0.1, 0.15) is 0 Å². The van der Waals surface area contributed by atoms with Gasteiger partial charge in [-0.1, -0.05) is 48.3 Å². The number of rotatable bonds is 5. The van der Waals surface area contributed by atoms with Crippen LogP contribution < -0.4 is 5.32 Å². The standard InChI is InChI=1S/C16H17Cl2NS/c1-3-19-16(11-4-7-13(20-2)8-5-11)12-6-9-14(17)15(18)10-12/h4-10,16,19H,3H2,1-2H3. The highest BCUT2D eigenvalue weighted by molar-refractivity contribution is 7.98. The van der Waals surface area contributed by atoms with Crippen molar-refractivity contribution in [3.05, 3.63) is 63.6 Å². The summed E-state index contributed by atoms with van der Waals surface area (Å²) in [4.78, 5) is 1.26. The molecule has 1 unspecified atom stereocenters. The minimum Gasteiger partial charge on any atom is -0.307 e. The summed E-state index contributed by atoms with van der Waals surface area (Å²) in [7, 11) is 0. The van der Waals surface area contributed by atoms with Crippen LogP contribution in [0, 0.1) is 0 Å². The van der Waals surface area contributed by atoms with Crippen molar-refractivity contribution in [2.75, 3.05) is 12.8 Å². The first kappa shape index (κ1) is 15.7. The largest absolute Gasteiger partial charge is 0.307 e. The zero-order valence-corrected chi connectivity index (χ0v) is 13.8. The number of hydrogen-bond acceptors (Lipinski definition) is 2. The molecule has 1 atom stereocenters. The number of thioether (sulfide) groups is 1. The molecule has 106 valence electrons. The van der Waals surface area contributed by atoms with Crippen LogP contribution in [0.2, 0.25) is 10.0 Å².